The van der Waals surface area contributed by atoms with Crippen LogP contribution in [-0.2, 0) is 26.2 Å². The number of anilines is 1. The number of aryl methyl sites for hydroxylation is 3. The van der Waals surface area contributed by atoms with E-state index < -0.39 is 34.1 Å². The summed E-state index contributed by atoms with van der Waals surface area (Å²) in [6.45, 7) is 12.8. The van der Waals surface area contributed by atoms with Gasteiger partial charge in [0.25, 0.3) is 0 Å². The van der Waals surface area contributed by atoms with Crippen molar-refractivity contribution in [3.05, 3.63) is 64.7 Å². The van der Waals surface area contributed by atoms with E-state index in [1.807, 2.05) is 71.9 Å². The summed E-state index contributed by atoms with van der Waals surface area (Å²) in [5, 5.41) is 2.92. The van der Waals surface area contributed by atoms with E-state index in [4.69, 9.17) is 0 Å². The van der Waals surface area contributed by atoms with Crippen LogP contribution in [0.1, 0.15) is 49.9 Å². The molecule has 0 aliphatic carbocycles. The van der Waals surface area contributed by atoms with E-state index in [1.165, 1.54) is 4.90 Å². The van der Waals surface area contributed by atoms with Crippen LogP contribution in [0.5, 0.6) is 0 Å². The van der Waals surface area contributed by atoms with Gasteiger partial charge in [0.05, 0.1) is 11.9 Å². The molecule has 2 aromatic rings. The van der Waals surface area contributed by atoms with Gasteiger partial charge in [-0.1, -0.05) is 30.3 Å². The lowest BCUT2D eigenvalue weighted by Gasteiger charge is -2.33. The van der Waals surface area contributed by atoms with Crippen LogP contribution in [0, 0.1) is 20.8 Å². The predicted molar refractivity (Wildman–Crippen MR) is 137 cm³/mol. The number of nitrogens with one attached hydrogen (secondary N) is 1. The molecule has 0 heterocycles. The zero-order valence-corrected chi connectivity index (χ0v) is 22.3. The van der Waals surface area contributed by atoms with Crippen molar-refractivity contribution < 1.29 is 18.0 Å². The average Bonchev–Trinajstić information content (AvgIpc) is 2.67. The molecule has 2 rings (SSSR count). The van der Waals surface area contributed by atoms with Crippen LogP contribution >= 0.6 is 0 Å². The number of nitrogens with zero attached hydrogens (tertiary/aromatic N) is 2. The topological polar surface area (TPSA) is 86.8 Å². The Balaban J connectivity index is 2.45. The predicted octanol–water partition coefficient (Wildman–Crippen LogP) is 3.71. The van der Waals surface area contributed by atoms with Crippen LogP contribution in [-0.4, -0.2) is 49.5 Å². The van der Waals surface area contributed by atoms with E-state index >= 15 is 0 Å². The van der Waals surface area contributed by atoms with Gasteiger partial charge >= 0.3 is 0 Å². The minimum absolute atomic E-state index is 0.189. The summed E-state index contributed by atoms with van der Waals surface area (Å²) in [7, 11) is -3.75. The summed E-state index contributed by atoms with van der Waals surface area (Å²) in [5.41, 5.74) is 3.62. The van der Waals surface area contributed by atoms with Crippen molar-refractivity contribution in [1.82, 2.24) is 10.2 Å². The quantitative estimate of drug-likeness (QED) is 0.615. The first-order valence-electron chi connectivity index (χ1n) is 11.3. The number of benzene rings is 2. The minimum atomic E-state index is -3.75. The molecular weight excluding hydrogens is 450 g/mol. The first-order valence-corrected chi connectivity index (χ1v) is 13.2. The number of hydrogen-bond acceptors (Lipinski definition) is 4. The maximum absolute atomic E-state index is 13.6. The molecule has 1 unspecified atom stereocenters. The van der Waals surface area contributed by atoms with Gasteiger partial charge < -0.3 is 10.2 Å². The van der Waals surface area contributed by atoms with Crippen molar-refractivity contribution in [2.24, 2.45) is 0 Å². The molecule has 0 radical (unpaired) electrons. The lowest BCUT2D eigenvalue weighted by atomic mass is 10.1. The summed E-state index contributed by atoms with van der Waals surface area (Å²) in [4.78, 5) is 28.0. The van der Waals surface area contributed by atoms with Crippen molar-refractivity contribution in [2.75, 3.05) is 17.1 Å². The smallest absolute Gasteiger partial charge is 0.244 e. The highest BCUT2D eigenvalue weighted by Crippen LogP contribution is 2.22. The zero-order chi connectivity index (χ0) is 25.8. The third kappa shape index (κ3) is 7.58. The first kappa shape index (κ1) is 27.4. The maximum Gasteiger partial charge on any atom is 0.244 e. The average molecular weight is 488 g/mol. The van der Waals surface area contributed by atoms with E-state index in [2.05, 4.69) is 5.32 Å². The second-order valence-electron chi connectivity index (χ2n) is 9.98. The van der Waals surface area contributed by atoms with Gasteiger partial charge in [0, 0.05) is 12.1 Å². The van der Waals surface area contributed by atoms with Crippen LogP contribution < -0.4 is 9.62 Å². The standard InChI is InChI=1S/C26H37N3O4S/c1-18-13-19(2)15-23(14-18)29(34(8,32)33)17-24(30)28(16-22-12-10-9-11-20(22)3)21(4)25(31)27-26(5,6)7/h9-15,21H,16-17H2,1-8H3,(H,27,31). The van der Waals surface area contributed by atoms with Crippen molar-refractivity contribution in [3.63, 3.8) is 0 Å². The molecule has 0 bridgehead atoms. The van der Waals surface area contributed by atoms with Gasteiger partial charge in [-0.15, -0.1) is 0 Å². The largest absolute Gasteiger partial charge is 0.350 e. The fourth-order valence-electron chi connectivity index (χ4n) is 3.74. The van der Waals surface area contributed by atoms with Crippen LogP contribution in [0.25, 0.3) is 0 Å². The fraction of sp³-hybridized carbons (Fsp3) is 0.462. The Hall–Kier alpha value is -2.87. The molecule has 1 atom stereocenters. The molecule has 0 saturated carbocycles. The Labute approximate surface area is 204 Å². The molecule has 0 spiro atoms. The lowest BCUT2D eigenvalue weighted by Crippen LogP contribution is -2.54. The van der Waals surface area contributed by atoms with Crippen molar-refractivity contribution in [3.8, 4) is 0 Å². The van der Waals surface area contributed by atoms with Gasteiger partial charge in [-0.3, -0.25) is 13.9 Å². The minimum Gasteiger partial charge on any atom is -0.350 e. The third-order valence-electron chi connectivity index (χ3n) is 5.44. The number of carbonyl (C=O) groups is 2. The number of sulfonamides is 1. The number of rotatable bonds is 8. The highest BCUT2D eigenvalue weighted by atomic mass is 32.2. The molecule has 34 heavy (non-hydrogen) atoms. The fourth-order valence-corrected chi connectivity index (χ4v) is 4.57. The molecular formula is C26H37N3O4S. The number of hydrogen-bond donors (Lipinski definition) is 1. The molecule has 1 N–H and O–H groups in total. The molecule has 186 valence electrons. The van der Waals surface area contributed by atoms with Gasteiger partial charge in [-0.25, -0.2) is 8.42 Å². The Bertz CT molecular complexity index is 1130. The monoisotopic (exact) mass is 487 g/mol. The van der Waals surface area contributed by atoms with Gasteiger partial charge in [0.2, 0.25) is 21.8 Å². The summed E-state index contributed by atoms with van der Waals surface area (Å²) in [5.74, 6) is -0.754. The maximum atomic E-state index is 13.6. The molecule has 2 aromatic carbocycles. The van der Waals surface area contributed by atoms with Gasteiger partial charge in [0.15, 0.2) is 0 Å². The highest BCUT2D eigenvalue weighted by molar-refractivity contribution is 7.92. The summed E-state index contributed by atoms with van der Waals surface area (Å²) >= 11 is 0. The molecule has 2 amide bonds. The van der Waals surface area contributed by atoms with E-state index in [0.717, 1.165) is 32.8 Å². The Kier molecular flexibility index (Phi) is 8.53. The summed E-state index contributed by atoms with van der Waals surface area (Å²) in [6.07, 6.45) is 1.08. The van der Waals surface area contributed by atoms with E-state index in [0.29, 0.717) is 5.69 Å². The summed E-state index contributed by atoms with van der Waals surface area (Å²) < 4.78 is 26.5. The van der Waals surface area contributed by atoms with Crippen molar-refractivity contribution >= 4 is 27.5 Å². The Morgan fingerprint density at radius 2 is 1.56 bits per heavy atom. The van der Waals surface area contributed by atoms with E-state index in [1.54, 1.807) is 19.1 Å². The van der Waals surface area contributed by atoms with Crippen LogP contribution in [0.2, 0.25) is 0 Å². The van der Waals surface area contributed by atoms with Gasteiger partial charge in [-0.2, -0.15) is 0 Å². The van der Waals surface area contributed by atoms with Crippen molar-refractivity contribution in [1.29, 1.82) is 0 Å². The second kappa shape index (κ2) is 10.6. The van der Waals surface area contributed by atoms with Crippen molar-refractivity contribution in [2.45, 2.75) is 66.6 Å². The van der Waals surface area contributed by atoms with Crippen LogP contribution in [0.15, 0.2) is 42.5 Å². The molecule has 0 aliphatic heterocycles. The lowest BCUT2D eigenvalue weighted by molar-refractivity contribution is -0.140. The molecule has 0 aromatic heterocycles. The van der Waals surface area contributed by atoms with Gasteiger partial charge in [0.1, 0.15) is 12.6 Å². The highest BCUT2D eigenvalue weighted by Gasteiger charge is 2.31. The molecule has 0 aliphatic rings. The van der Waals surface area contributed by atoms with Crippen LogP contribution in [0.3, 0.4) is 0 Å². The molecule has 0 fully saturated rings. The first-order chi connectivity index (χ1) is 15.6. The van der Waals surface area contributed by atoms with Crippen LogP contribution in [0.4, 0.5) is 5.69 Å². The number of carbonyl (C=O) groups excluding carboxylic acids is 2. The third-order valence-corrected chi connectivity index (χ3v) is 6.58. The number of amides is 2. The van der Waals surface area contributed by atoms with E-state index in [9.17, 15) is 18.0 Å². The molecule has 7 nitrogen and oxygen atoms in total. The SMILES string of the molecule is Cc1cc(C)cc(N(CC(=O)N(Cc2ccccc2C)C(C)C(=O)NC(C)(C)C)S(C)(=O)=O)c1. The Morgan fingerprint density at radius 1 is 1.00 bits per heavy atom. The second-order valence-corrected chi connectivity index (χ2v) is 11.9. The van der Waals surface area contributed by atoms with E-state index in [-0.39, 0.29) is 12.5 Å². The normalized spacial score (nSPS) is 12.7. The summed E-state index contributed by atoms with van der Waals surface area (Å²) in [6, 6.07) is 12.3. The zero-order valence-electron chi connectivity index (χ0n) is 21.5. The van der Waals surface area contributed by atoms with Gasteiger partial charge in [-0.05, 0) is 82.9 Å². The molecule has 0 saturated heterocycles. The Morgan fingerprint density at radius 3 is 2.06 bits per heavy atom. The molecule has 8 heteroatoms.